The van der Waals surface area contributed by atoms with Crippen LogP contribution in [-0.4, -0.2) is 49.2 Å². The summed E-state index contributed by atoms with van der Waals surface area (Å²) >= 11 is 0. The molecule has 3 saturated heterocycles. The lowest BCUT2D eigenvalue weighted by atomic mass is 9.94. The number of nitrogens with one attached hydrogen (secondary N) is 1. The summed E-state index contributed by atoms with van der Waals surface area (Å²) in [5.41, 5.74) is 0. The van der Waals surface area contributed by atoms with E-state index < -0.39 is 0 Å². The van der Waals surface area contributed by atoms with Gasteiger partial charge in [0.2, 0.25) is 0 Å². The van der Waals surface area contributed by atoms with Crippen LogP contribution in [0.2, 0.25) is 0 Å². The lowest BCUT2D eigenvalue weighted by Gasteiger charge is -2.26. The first-order valence-corrected chi connectivity index (χ1v) is 6.98. The van der Waals surface area contributed by atoms with E-state index in [0.717, 1.165) is 45.5 Å². The number of hydrogen-bond acceptors (Lipinski definition) is 3. The standard InChI is InChI=1S/C13H22N2O2/c16-13(12-5-1-2-7-17-12)15-8-10-4-3-6-14-11(10)9-15/h10-12,14H,1-9H2/t10-,11+,12?/m0/s1. The Hall–Kier alpha value is -0.610. The summed E-state index contributed by atoms with van der Waals surface area (Å²) in [6.45, 7) is 3.71. The fourth-order valence-electron chi connectivity index (χ4n) is 3.37. The predicted octanol–water partition coefficient (Wildman–Crippen LogP) is 0.766. The van der Waals surface area contributed by atoms with Gasteiger partial charge in [-0.3, -0.25) is 4.79 Å². The Balaban J connectivity index is 1.59. The monoisotopic (exact) mass is 238 g/mol. The van der Waals surface area contributed by atoms with Gasteiger partial charge in [-0.05, 0) is 44.6 Å². The summed E-state index contributed by atoms with van der Waals surface area (Å²) in [7, 11) is 0. The van der Waals surface area contributed by atoms with E-state index in [1.807, 2.05) is 4.90 Å². The van der Waals surface area contributed by atoms with Crippen molar-refractivity contribution in [1.82, 2.24) is 10.2 Å². The fraction of sp³-hybridized carbons (Fsp3) is 0.923. The molecule has 3 aliphatic heterocycles. The Morgan fingerprint density at radius 2 is 2.12 bits per heavy atom. The highest BCUT2D eigenvalue weighted by atomic mass is 16.5. The number of ether oxygens (including phenoxy) is 1. The zero-order valence-corrected chi connectivity index (χ0v) is 10.4. The maximum atomic E-state index is 12.3. The number of carbonyl (C=O) groups is 1. The van der Waals surface area contributed by atoms with Crippen molar-refractivity contribution in [1.29, 1.82) is 0 Å². The van der Waals surface area contributed by atoms with Gasteiger partial charge < -0.3 is 15.0 Å². The van der Waals surface area contributed by atoms with Crippen LogP contribution in [0.25, 0.3) is 0 Å². The van der Waals surface area contributed by atoms with Crippen LogP contribution in [0.15, 0.2) is 0 Å². The Bertz CT molecular complexity index is 275. The SMILES string of the molecule is O=C(C1CCCCO1)N1C[C@@H]2CCCN[C@@H]2C1. The van der Waals surface area contributed by atoms with Crippen LogP contribution in [0.5, 0.6) is 0 Å². The highest BCUT2D eigenvalue weighted by Crippen LogP contribution is 2.26. The van der Waals surface area contributed by atoms with Gasteiger partial charge in [0.15, 0.2) is 0 Å². The number of rotatable bonds is 1. The molecule has 3 fully saturated rings. The second-order valence-corrected chi connectivity index (χ2v) is 5.56. The van der Waals surface area contributed by atoms with Gasteiger partial charge in [0.25, 0.3) is 5.91 Å². The van der Waals surface area contributed by atoms with Crippen LogP contribution in [0, 0.1) is 5.92 Å². The molecule has 0 saturated carbocycles. The molecule has 1 amide bonds. The minimum absolute atomic E-state index is 0.149. The average molecular weight is 238 g/mol. The van der Waals surface area contributed by atoms with Crippen molar-refractivity contribution < 1.29 is 9.53 Å². The molecule has 3 heterocycles. The van der Waals surface area contributed by atoms with Crippen molar-refractivity contribution in [2.24, 2.45) is 5.92 Å². The molecular formula is C13H22N2O2. The van der Waals surface area contributed by atoms with Crippen LogP contribution < -0.4 is 5.32 Å². The van der Waals surface area contributed by atoms with Crippen LogP contribution in [0.1, 0.15) is 32.1 Å². The van der Waals surface area contributed by atoms with Crippen LogP contribution in [-0.2, 0) is 9.53 Å². The summed E-state index contributed by atoms with van der Waals surface area (Å²) in [6.07, 6.45) is 5.53. The number of amides is 1. The maximum Gasteiger partial charge on any atom is 0.251 e. The third-order valence-corrected chi connectivity index (χ3v) is 4.37. The van der Waals surface area contributed by atoms with Crippen LogP contribution in [0.3, 0.4) is 0 Å². The zero-order chi connectivity index (χ0) is 11.7. The van der Waals surface area contributed by atoms with Gasteiger partial charge in [0.1, 0.15) is 6.10 Å². The molecule has 0 aromatic carbocycles. The number of hydrogen-bond donors (Lipinski definition) is 1. The Kier molecular flexibility index (Phi) is 3.34. The quantitative estimate of drug-likeness (QED) is 0.733. The Labute approximate surface area is 103 Å². The summed E-state index contributed by atoms with van der Waals surface area (Å²) in [5, 5.41) is 3.53. The van der Waals surface area contributed by atoms with Crippen molar-refractivity contribution in [3.63, 3.8) is 0 Å². The lowest BCUT2D eigenvalue weighted by molar-refractivity contribution is -0.145. The molecular weight excluding hydrogens is 216 g/mol. The molecule has 3 atom stereocenters. The van der Waals surface area contributed by atoms with E-state index in [1.165, 1.54) is 12.8 Å². The van der Waals surface area contributed by atoms with E-state index in [0.29, 0.717) is 12.0 Å². The molecule has 3 aliphatic rings. The van der Waals surface area contributed by atoms with Gasteiger partial charge >= 0.3 is 0 Å². The van der Waals surface area contributed by atoms with Crippen molar-refractivity contribution in [3.05, 3.63) is 0 Å². The number of nitrogens with zero attached hydrogens (tertiary/aromatic N) is 1. The normalized spacial score (nSPS) is 37.9. The van der Waals surface area contributed by atoms with Gasteiger partial charge in [0.05, 0.1) is 0 Å². The molecule has 3 rings (SSSR count). The number of likely N-dealkylation sites (tertiary alicyclic amines) is 1. The molecule has 4 heteroatoms. The Morgan fingerprint density at radius 1 is 1.18 bits per heavy atom. The van der Waals surface area contributed by atoms with Crippen molar-refractivity contribution in [2.45, 2.75) is 44.2 Å². The van der Waals surface area contributed by atoms with E-state index in [-0.39, 0.29) is 12.0 Å². The van der Waals surface area contributed by atoms with Crippen molar-refractivity contribution >= 4 is 5.91 Å². The number of carbonyl (C=O) groups excluding carboxylic acids is 1. The molecule has 96 valence electrons. The van der Waals surface area contributed by atoms with E-state index in [1.54, 1.807) is 0 Å². The van der Waals surface area contributed by atoms with E-state index >= 15 is 0 Å². The topological polar surface area (TPSA) is 41.6 Å². The van der Waals surface area contributed by atoms with Crippen molar-refractivity contribution in [3.8, 4) is 0 Å². The summed E-state index contributed by atoms with van der Waals surface area (Å²) in [6, 6.07) is 0.538. The highest BCUT2D eigenvalue weighted by molar-refractivity contribution is 5.81. The molecule has 0 bridgehead atoms. The predicted molar refractivity (Wildman–Crippen MR) is 64.7 cm³/mol. The van der Waals surface area contributed by atoms with Gasteiger partial charge in [0, 0.05) is 25.7 Å². The van der Waals surface area contributed by atoms with Gasteiger partial charge in [-0.25, -0.2) is 0 Å². The first kappa shape index (κ1) is 11.5. The smallest absolute Gasteiger partial charge is 0.251 e. The molecule has 0 aromatic heterocycles. The third-order valence-electron chi connectivity index (χ3n) is 4.37. The first-order chi connectivity index (χ1) is 8.34. The zero-order valence-electron chi connectivity index (χ0n) is 10.4. The molecule has 1 N–H and O–H groups in total. The van der Waals surface area contributed by atoms with E-state index in [4.69, 9.17) is 4.74 Å². The fourth-order valence-corrected chi connectivity index (χ4v) is 3.37. The molecule has 0 spiro atoms. The second kappa shape index (κ2) is 4.94. The molecule has 17 heavy (non-hydrogen) atoms. The summed E-state index contributed by atoms with van der Waals surface area (Å²) in [4.78, 5) is 14.3. The van der Waals surface area contributed by atoms with Crippen LogP contribution in [0.4, 0.5) is 0 Å². The Morgan fingerprint density at radius 3 is 2.88 bits per heavy atom. The largest absolute Gasteiger partial charge is 0.368 e. The minimum atomic E-state index is -0.149. The number of piperidine rings is 1. The maximum absolute atomic E-state index is 12.3. The highest BCUT2D eigenvalue weighted by Gasteiger charge is 2.38. The lowest BCUT2D eigenvalue weighted by Crippen LogP contribution is -2.43. The van der Waals surface area contributed by atoms with Gasteiger partial charge in [-0.15, -0.1) is 0 Å². The molecule has 1 unspecified atom stereocenters. The third kappa shape index (κ3) is 2.33. The summed E-state index contributed by atoms with van der Waals surface area (Å²) < 4.78 is 5.59. The summed E-state index contributed by atoms with van der Waals surface area (Å²) in [5.74, 6) is 0.914. The van der Waals surface area contributed by atoms with Crippen LogP contribution >= 0.6 is 0 Å². The second-order valence-electron chi connectivity index (χ2n) is 5.56. The minimum Gasteiger partial charge on any atom is -0.368 e. The first-order valence-electron chi connectivity index (χ1n) is 6.98. The van der Waals surface area contributed by atoms with Gasteiger partial charge in [-0.2, -0.15) is 0 Å². The molecule has 0 radical (unpaired) electrons. The van der Waals surface area contributed by atoms with E-state index in [2.05, 4.69) is 5.32 Å². The van der Waals surface area contributed by atoms with Crippen molar-refractivity contribution in [2.75, 3.05) is 26.2 Å². The molecule has 0 aliphatic carbocycles. The number of fused-ring (bicyclic) bond motifs is 1. The van der Waals surface area contributed by atoms with Gasteiger partial charge in [-0.1, -0.05) is 0 Å². The average Bonchev–Trinajstić information content (AvgIpc) is 2.82. The van der Waals surface area contributed by atoms with E-state index in [9.17, 15) is 4.79 Å². The molecule has 4 nitrogen and oxygen atoms in total. The molecule has 0 aromatic rings.